The topological polar surface area (TPSA) is 54.9 Å². The zero-order valence-corrected chi connectivity index (χ0v) is 14.8. The number of amides is 1. The van der Waals surface area contributed by atoms with Crippen molar-refractivity contribution >= 4 is 29.0 Å². The number of hydrogen-bond donors (Lipinski definition) is 1. The van der Waals surface area contributed by atoms with Gasteiger partial charge in [-0.2, -0.15) is 0 Å². The van der Waals surface area contributed by atoms with Crippen molar-refractivity contribution in [3.63, 3.8) is 0 Å². The molecule has 120 valence electrons. The summed E-state index contributed by atoms with van der Waals surface area (Å²) in [6.07, 6.45) is 7.84. The first-order valence-electron chi connectivity index (χ1n) is 8.30. The van der Waals surface area contributed by atoms with Crippen molar-refractivity contribution in [2.45, 2.75) is 67.5 Å². The number of carbonyl (C=O) groups is 1. The minimum atomic E-state index is -0.0969. The summed E-state index contributed by atoms with van der Waals surface area (Å²) in [6, 6.07) is 0. The Morgan fingerprint density at radius 2 is 1.82 bits per heavy atom. The molecule has 0 aromatic carbocycles. The average molecular weight is 338 g/mol. The maximum Gasteiger partial charge on any atom is 0.233 e. The second-order valence-electron chi connectivity index (χ2n) is 7.53. The lowest BCUT2D eigenvalue weighted by atomic mass is 9.53. The van der Waals surface area contributed by atoms with Crippen molar-refractivity contribution in [3.8, 4) is 0 Å². The number of nitrogens with zero attached hydrogens (tertiary/aromatic N) is 2. The Kier molecular flexibility index (Phi) is 3.72. The molecular formula is C16H23N3OS2. The van der Waals surface area contributed by atoms with Gasteiger partial charge in [-0.05, 0) is 70.1 Å². The molecule has 1 atom stereocenters. The molecule has 4 saturated carbocycles. The van der Waals surface area contributed by atoms with Gasteiger partial charge < -0.3 is 5.32 Å². The van der Waals surface area contributed by atoms with Crippen LogP contribution in [0.25, 0.3) is 0 Å². The molecule has 1 aromatic rings. The number of hydrogen-bond acceptors (Lipinski definition) is 5. The van der Waals surface area contributed by atoms with Crippen LogP contribution in [-0.4, -0.2) is 26.9 Å². The first-order valence-corrected chi connectivity index (χ1v) is 10.00. The molecule has 0 saturated heterocycles. The fraction of sp³-hybridized carbons (Fsp3) is 0.812. The molecule has 4 aliphatic carbocycles. The monoisotopic (exact) mass is 337 g/mol. The Balaban J connectivity index is 1.41. The van der Waals surface area contributed by atoms with Crippen molar-refractivity contribution in [3.05, 3.63) is 5.01 Å². The summed E-state index contributed by atoms with van der Waals surface area (Å²) in [4.78, 5) is 12.7. The molecule has 4 nitrogen and oxygen atoms in total. The highest BCUT2D eigenvalue weighted by Gasteiger charge is 2.51. The predicted octanol–water partition coefficient (Wildman–Crippen LogP) is 3.41. The van der Waals surface area contributed by atoms with E-state index in [9.17, 15) is 4.79 Å². The van der Waals surface area contributed by atoms with E-state index in [1.165, 1.54) is 50.3 Å². The Morgan fingerprint density at radius 1 is 1.23 bits per heavy atom. The standard InChI is InChI=1S/C16H23N3OS2/c1-9(21-15-19-18-10(2)22-15)14(20)17-16-6-11-3-12(7-16)5-13(4-11)8-16/h9,11-13H,3-8H2,1-2H3,(H,17,20). The summed E-state index contributed by atoms with van der Waals surface area (Å²) in [5.41, 5.74) is 0.109. The van der Waals surface area contributed by atoms with Crippen LogP contribution in [0.4, 0.5) is 0 Å². The molecule has 1 N–H and O–H groups in total. The van der Waals surface area contributed by atoms with Crippen LogP contribution in [0.2, 0.25) is 0 Å². The lowest BCUT2D eigenvalue weighted by Crippen LogP contribution is -2.60. The summed E-state index contributed by atoms with van der Waals surface area (Å²) in [7, 11) is 0. The molecule has 4 bridgehead atoms. The zero-order valence-electron chi connectivity index (χ0n) is 13.2. The highest BCUT2D eigenvalue weighted by molar-refractivity contribution is 8.02. The van der Waals surface area contributed by atoms with Gasteiger partial charge in [0.1, 0.15) is 5.01 Å². The first kappa shape index (κ1) is 14.9. The second-order valence-corrected chi connectivity index (χ2v) is 10.3. The van der Waals surface area contributed by atoms with Gasteiger partial charge in [0.05, 0.1) is 5.25 Å². The average Bonchev–Trinajstić information content (AvgIpc) is 2.81. The summed E-state index contributed by atoms with van der Waals surface area (Å²) >= 11 is 3.10. The van der Waals surface area contributed by atoms with Crippen LogP contribution in [0.15, 0.2) is 4.34 Å². The maximum atomic E-state index is 12.7. The largest absolute Gasteiger partial charge is 0.350 e. The van der Waals surface area contributed by atoms with Gasteiger partial charge in [-0.25, -0.2) is 0 Å². The summed E-state index contributed by atoms with van der Waals surface area (Å²) in [6.45, 7) is 3.93. The molecule has 4 fully saturated rings. The molecule has 0 spiro atoms. The van der Waals surface area contributed by atoms with E-state index in [-0.39, 0.29) is 16.7 Å². The van der Waals surface area contributed by atoms with E-state index in [0.29, 0.717) is 0 Å². The molecule has 4 aliphatic rings. The predicted molar refractivity (Wildman–Crippen MR) is 89.0 cm³/mol. The molecule has 1 amide bonds. The molecule has 22 heavy (non-hydrogen) atoms. The van der Waals surface area contributed by atoms with Crippen LogP contribution in [-0.2, 0) is 4.79 Å². The van der Waals surface area contributed by atoms with Crippen LogP contribution in [0.3, 0.4) is 0 Å². The third kappa shape index (κ3) is 2.80. The Bertz CT molecular complexity index is 550. The molecule has 1 aromatic heterocycles. The third-order valence-corrected chi connectivity index (χ3v) is 7.60. The van der Waals surface area contributed by atoms with Gasteiger partial charge >= 0.3 is 0 Å². The molecule has 1 heterocycles. The van der Waals surface area contributed by atoms with Crippen LogP contribution in [0, 0.1) is 24.7 Å². The van der Waals surface area contributed by atoms with Crippen molar-refractivity contribution in [2.24, 2.45) is 17.8 Å². The van der Waals surface area contributed by atoms with E-state index in [0.717, 1.165) is 27.1 Å². The smallest absolute Gasteiger partial charge is 0.233 e. The van der Waals surface area contributed by atoms with E-state index < -0.39 is 0 Å². The maximum absolute atomic E-state index is 12.7. The van der Waals surface area contributed by atoms with Crippen molar-refractivity contribution in [1.82, 2.24) is 15.5 Å². The molecule has 5 rings (SSSR count). The van der Waals surface area contributed by atoms with Crippen LogP contribution in [0.1, 0.15) is 50.5 Å². The minimum Gasteiger partial charge on any atom is -0.350 e. The van der Waals surface area contributed by atoms with Crippen LogP contribution in [0.5, 0.6) is 0 Å². The third-order valence-electron chi connectivity index (χ3n) is 5.58. The Labute approximate surface area is 139 Å². The Hall–Kier alpha value is -0.620. The number of carbonyl (C=O) groups excluding carboxylic acids is 1. The fourth-order valence-electron chi connectivity index (χ4n) is 5.16. The summed E-state index contributed by atoms with van der Waals surface area (Å²) < 4.78 is 0.894. The van der Waals surface area contributed by atoms with Crippen LogP contribution >= 0.6 is 23.1 Å². The zero-order chi connectivity index (χ0) is 15.3. The van der Waals surface area contributed by atoms with Crippen LogP contribution < -0.4 is 5.32 Å². The van der Waals surface area contributed by atoms with Crippen molar-refractivity contribution in [2.75, 3.05) is 0 Å². The Morgan fingerprint density at radius 3 is 2.32 bits per heavy atom. The SMILES string of the molecule is Cc1nnc(SC(C)C(=O)NC23CC4CC(CC(C4)C2)C3)s1. The number of thioether (sulfide) groups is 1. The van der Waals surface area contributed by atoms with E-state index in [2.05, 4.69) is 15.5 Å². The van der Waals surface area contributed by atoms with Gasteiger partial charge in [0.2, 0.25) is 5.91 Å². The van der Waals surface area contributed by atoms with Gasteiger partial charge in [-0.1, -0.05) is 23.1 Å². The van der Waals surface area contributed by atoms with Gasteiger partial charge in [-0.3, -0.25) is 4.79 Å². The molecule has 1 unspecified atom stereocenters. The quantitative estimate of drug-likeness (QED) is 0.856. The molecule has 0 radical (unpaired) electrons. The normalized spacial score (nSPS) is 37.3. The minimum absolute atomic E-state index is 0.0969. The first-order chi connectivity index (χ1) is 10.5. The number of nitrogens with one attached hydrogen (secondary N) is 1. The van der Waals surface area contributed by atoms with Gasteiger partial charge in [0, 0.05) is 5.54 Å². The molecule has 6 heteroatoms. The van der Waals surface area contributed by atoms with E-state index in [1.54, 1.807) is 11.3 Å². The van der Waals surface area contributed by atoms with E-state index in [4.69, 9.17) is 0 Å². The fourth-order valence-corrected chi connectivity index (χ4v) is 7.12. The van der Waals surface area contributed by atoms with Gasteiger partial charge in [0.15, 0.2) is 4.34 Å². The number of rotatable bonds is 4. The number of aromatic nitrogens is 2. The summed E-state index contributed by atoms with van der Waals surface area (Å²) in [5, 5.41) is 12.4. The number of aryl methyl sites for hydroxylation is 1. The van der Waals surface area contributed by atoms with E-state index in [1.807, 2.05) is 13.8 Å². The van der Waals surface area contributed by atoms with E-state index >= 15 is 0 Å². The lowest BCUT2D eigenvalue weighted by molar-refractivity contribution is -0.126. The summed E-state index contributed by atoms with van der Waals surface area (Å²) in [5.74, 6) is 2.76. The lowest BCUT2D eigenvalue weighted by Gasteiger charge is -2.57. The highest BCUT2D eigenvalue weighted by Crippen LogP contribution is 2.55. The highest BCUT2D eigenvalue weighted by atomic mass is 32.2. The molecular weight excluding hydrogens is 314 g/mol. The van der Waals surface area contributed by atoms with Gasteiger partial charge in [-0.15, -0.1) is 10.2 Å². The molecule has 0 aliphatic heterocycles. The van der Waals surface area contributed by atoms with Gasteiger partial charge in [0.25, 0.3) is 0 Å². The van der Waals surface area contributed by atoms with Crippen molar-refractivity contribution < 1.29 is 4.79 Å². The second kappa shape index (κ2) is 5.48. The van der Waals surface area contributed by atoms with Crippen molar-refractivity contribution in [1.29, 1.82) is 0 Å².